The summed E-state index contributed by atoms with van der Waals surface area (Å²) in [6.45, 7) is 2.21. The third-order valence-electron chi connectivity index (χ3n) is 6.62. The van der Waals surface area contributed by atoms with Crippen LogP contribution in [0.5, 0.6) is 0 Å². The lowest BCUT2D eigenvalue weighted by Crippen LogP contribution is -2.35. The molecule has 0 bridgehead atoms. The van der Waals surface area contributed by atoms with Crippen molar-refractivity contribution >= 4 is 5.97 Å². The lowest BCUT2D eigenvalue weighted by molar-refractivity contribution is -0.218. The molecule has 1 aliphatic rings. The molecule has 0 unspecified atom stereocenters. The molecule has 1 fully saturated rings. The van der Waals surface area contributed by atoms with E-state index < -0.39 is 24.0 Å². The van der Waals surface area contributed by atoms with Crippen molar-refractivity contribution in [1.82, 2.24) is 0 Å². The fourth-order valence-electron chi connectivity index (χ4n) is 4.65. The van der Waals surface area contributed by atoms with Crippen LogP contribution < -0.4 is 0 Å². The summed E-state index contributed by atoms with van der Waals surface area (Å²) in [5.41, 5.74) is 0. The quantitative estimate of drug-likeness (QED) is 0.177. The third kappa shape index (κ3) is 9.46. The third-order valence-corrected chi connectivity index (χ3v) is 6.62. The molecule has 0 aromatic rings. The average molecular weight is 429 g/mol. The van der Waals surface area contributed by atoms with Gasteiger partial charge in [-0.1, -0.05) is 44.8 Å². The molecule has 3 N–H and O–H groups in total. The predicted molar refractivity (Wildman–Crippen MR) is 118 cm³/mol. The minimum absolute atomic E-state index is 0.00619. The lowest BCUT2D eigenvalue weighted by atomic mass is 9.85. The maximum atomic E-state index is 10.6. The lowest BCUT2D eigenvalue weighted by Gasteiger charge is -2.33. The first-order chi connectivity index (χ1) is 14.4. The molecule has 30 heavy (non-hydrogen) atoms. The first kappa shape index (κ1) is 27.1. The van der Waals surface area contributed by atoms with Crippen molar-refractivity contribution in [3.8, 4) is 0 Å². The summed E-state index contributed by atoms with van der Waals surface area (Å²) in [6.07, 6.45) is 13.8. The van der Waals surface area contributed by atoms with Crippen LogP contribution >= 0.6 is 0 Å². The molecule has 0 aliphatic heterocycles. The average Bonchev–Trinajstić information content (AvgIpc) is 2.99. The zero-order valence-corrected chi connectivity index (χ0v) is 19.2. The smallest absolute Gasteiger partial charge is 0.303 e. The van der Waals surface area contributed by atoms with Crippen molar-refractivity contribution < 1.29 is 29.6 Å². The van der Waals surface area contributed by atoms with Crippen LogP contribution in [0.25, 0.3) is 0 Å². The molecule has 0 radical (unpaired) electrons. The van der Waals surface area contributed by atoms with Crippen molar-refractivity contribution in [3.05, 3.63) is 12.2 Å². The molecule has 0 aromatic carbocycles. The van der Waals surface area contributed by atoms with E-state index in [1.165, 1.54) is 25.7 Å². The molecule has 6 heteroatoms. The minimum atomic E-state index is -0.775. The number of carboxylic acids is 1. The molecular weight excluding hydrogens is 384 g/mol. The fraction of sp³-hybridized carbons (Fsp3) is 0.875. The Morgan fingerprint density at radius 1 is 0.967 bits per heavy atom. The summed E-state index contributed by atoms with van der Waals surface area (Å²) < 4.78 is 11.5. The van der Waals surface area contributed by atoms with Crippen molar-refractivity contribution in [2.45, 2.75) is 108 Å². The number of aliphatic hydroxyl groups is 2. The van der Waals surface area contributed by atoms with Gasteiger partial charge in [-0.2, -0.15) is 0 Å². The molecule has 0 saturated heterocycles. The highest BCUT2D eigenvalue weighted by Gasteiger charge is 2.42. The van der Waals surface area contributed by atoms with E-state index in [1.807, 2.05) is 12.2 Å². The molecular formula is C24H44O6. The van der Waals surface area contributed by atoms with Gasteiger partial charge in [-0.15, -0.1) is 0 Å². The number of methoxy groups -OCH3 is 2. The molecule has 4 atom stereocenters. The van der Waals surface area contributed by atoms with Gasteiger partial charge in [0.05, 0.1) is 12.2 Å². The van der Waals surface area contributed by atoms with Crippen molar-refractivity contribution in [2.24, 2.45) is 11.8 Å². The van der Waals surface area contributed by atoms with E-state index >= 15 is 0 Å². The number of carbonyl (C=O) groups is 1. The Morgan fingerprint density at radius 3 is 2.27 bits per heavy atom. The molecule has 176 valence electrons. The second kappa shape index (κ2) is 15.0. The van der Waals surface area contributed by atoms with Gasteiger partial charge in [0.1, 0.15) is 0 Å². The van der Waals surface area contributed by atoms with Gasteiger partial charge in [0.25, 0.3) is 0 Å². The Morgan fingerprint density at radius 2 is 1.63 bits per heavy atom. The van der Waals surface area contributed by atoms with E-state index in [2.05, 4.69) is 6.92 Å². The minimum Gasteiger partial charge on any atom is -0.481 e. The largest absolute Gasteiger partial charge is 0.481 e. The van der Waals surface area contributed by atoms with Crippen LogP contribution in [0, 0.1) is 11.8 Å². The van der Waals surface area contributed by atoms with E-state index in [0.29, 0.717) is 25.7 Å². The van der Waals surface area contributed by atoms with E-state index in [9.17, 15) is 15.0 Å². The molecule has 1 aliphatic carbocycles. The SMILES string of the molecule is CCCCCCCC(CC[C@@H]1[C@@H](C/C=C\CCCC(=O)O)[C@H](O)C[C@H]1O)(OC)OC. The van der Waals surface area contributed by atoms with Gasteiger partial charge in [0.15, 0.2) is 5.79 Å². The van der Waals surface area contributed by atoms with Crippen LogP contribution in [0.1, 0.15) is 90.4 Å². The van der Waals surface area contributed by atoms with Crippen LogP contribution in [0.3, 0.4) is 0 Å². The van der Waals surface area contributed by atoms with Crippen LogP contribution in [0.4, 0.5) is 0 Å². The maximum absolute atomic E-state index is 10.6. The topological polar surface area (TPSA) is 96.2 Å². The molecule has 0 amide bonds. The monoisotopic (exact) mass is 428 g/mol. The Hall–Kier alpha value is -0.950. The summed E-state index contributed by atoms with van der Waals surface area (Å²) in [4.78, 5) is 10.6. The zero-order chi connectivity index (χ0) is 22.4. The van der Waals surface area contributed by atoms with Gasteiger partial charge in [-0.3, -0.25) is 4.79 Å². The molecule has 0 aromatic heterocycles. The standard InChI is InChI=1S/C24H44O6/c1-4-5-6-9-12-16-24(29-2,30-3)17-15-20-19(21(25)18-22(20)26)13-10-7-8-11-14-23(27)28/h7,10,19-22,25-26H,4-6,8-9,11-18H2,1-3H3,(H,27,28)/b10-7-/t19-,20-,21-,22-/m1/s1. The maximum Gasteiger partial charge on any atom is 0.303 e. The van der Waals surface area contributed by atoms with Crippen molar-refractivity contribution in [2.75, 3.05) is 14.2 Å². The first-order valence-electron chi connectivity index (χ1n) is 11.7. The Balaban J connectivity index is 2.56. The fourth-order valence-corrected chi connectivity index (χ4v) is 4.65. The van der Waals surface area contributed by atoms with Crippen LogP contribution in [0.15, 0.2) is 12.2 Å². The zero-order valence-electron chi connectivity index (χ0n) is 19.2. The second-order valence-corrected chi connectivity index (χ2v) is 8.71. The summed E-state index contributed by atoms with van der Waals surface area (Å²) >= 11 is 0. The number of hydrogen-bond acceptors (Lipinski definition) is 5. The molecule has 0 heterocycles. The highest BCUT2D eigenvalue weighted by atomic mass is 16.7. The number of hydrogen-bond donors (Lipinski definition) is 3. The van der Waals surface area contributed by atoms with Crippen LogP contribution in [-0.2, 0) is 14.3 Å². The van der Waals surface area contributed by atoms with E-state index in [1.54, 1.807) is 14.2 Å². The number of ether oxygens (including phenoxy) is 2. The second-order valence-electron chi connectivity index (χ2n) is 8.71. The van der Waals surface area contributed by atoms with Gasteiger partial charge in [-0.05, 0) is 50.4 Å². The Kier molecular flexibility index (Phi) is 13.5. The molecule has 1 saturated carbocycles. The van der Waals surface area contributed by atoms with Gasteiger partial charge >= 0.3 is 5.97 Å². The van der Waals surface area contributed by atoms with Crippen molar-refractivity contribution in [3.63, 3.8) is 0 Å². The number of rotatable bonds is 17. The predicted octanol–water partition coefficient (Wildman–Crippen LogP) is 4.68. The highest BCUT2D eigenvalue weighted by Crippen LogP contribution is 2.40. The Labute approximate surface area is 182 Å². The number of allylic oxidation sites excluding steroid dienone is 2. The van der Waals surface area contributed by atoms with Gasteiger partial charge in [0, 0.05) is 33.5 Å². The van der Waals surface area contributed by atoms with Crippen LogP contribution in [-0.4, -0.2) is 53.5 Å². The van der Waals surface area contributed by atoms with E-state index in [0.717, 1.165) is 25.7 Å². The number of aliphatic carboxylic acids is 1. The van der Waals surface area contributed by atoms with E-state index in [4.69, 9.17) is 14.6 Å². The molecule has 0 spiro atoms. The summed E-state index contributed by atoms with van der Waals surface area (Å²) in [5, 5.41) is 29.6. The number of carboxylic acid groups (broad SMARTS) is 1. The van der Waals surface area contributed by atoms with E-state index in [-0.39, 0.29) is 18.3 Å². The first-order valence-corrected chi connectivity index (χ1v) is 11.7. The van der Waals surface area contributed by atoms with Gasteiger partial charge in [-0.25, -0.2) is 0 Å². The summed E-state index contributed by atoms with van der Waals surface area (Å²) in [6, 6.07) is 0. The van der Waals surface area contributed by atoms with Gasteiger partial charge in [0.2, 0.25) is 0 Å². The van der Waals surface area contributed by atoms with Crippen LogP contribution in [0.2, 0.25) is 0 Å². The van der Waals surface area contributed by atoms with Gasteiger partial charge < -0.3 is 24.8 Å². The number of aliphatic hydroxyl groups excluding tert-OH is 2. The number of unbranched alkanes of at least 4 members (excludes halogenated alkanes) is 5. The normalized spacial score (nSPS) is 24.7. The molecule has 1 rings (SSSR count). The molecule has 6 nitrogen and oxygen atoms in total. The highest BCUT2D eigenvalue weighted by molar-refractivity contribution is 5.66. The Bertz CT molecular complexity index is 488. The summed E-state index contributed by atoms with van der Waals surface area (Å²) in [7, 11) is 3.37. The van der Waals surface area contributed by atoms with Crippen molar-refractivity contribution in [1.29, 1.82) is 0 Å². The summed E-state index contributed by atoms with van der Waals surface area (Å²) in [5.74, 6) is -1.39.